The minimum absolute atomic E-state index is 0.167. The molecule has 0 amide bonds. The number of rotatable bonds is 2. The van der Waals surface area contributed by atoms with Crippen LogP contribution in [0, 0.1) is 0 Å². The van der Waals surface area contributed by atoms with Crippen LogP contribution in [0.15, 0.2) is 58.1 Å². The van der Waals surface area contributed by atoms with Gasteiger partial charge >= 0.3 is 11.7 Å². The van der Waals surface area contributed by atoms with Crippen LogP contribution in [-0.2, 0) is 18.8 Å². The van der Waals surface area contributed by atoms with Crippen molar-refractivity contribution in [1.82, 2.24) is 14.1 Å². The van der Waals surface area contributed by atoms with Crippen molar-refractivity contribution in [3.05, 3.63) is 86.1 Å². The summed E-state index contributed by atoms with van der Waals surface area (Å²) in [5.74, 6) is -0.740. The van der Waals surface area contributed by atoms with Crippen molar-refractivity contribution in [3.8, 4) is 22.4 Å². The van der Waals surface area contributed by atoms with Crippen LogP contribution >= 0.6 is 0 Å². The van der Waals surface area contributed by atoms with E-state index in [1.165, 1.54) is 25.8 Å². The highest BCUT2D eigenvalue weighted by Crippen LogP contribution is 2.42. The molecule has 0 radical (unpaired) electrons. The molecule has 32 heavy (non-hydrogen) atoms. The summed E-state index contributed by atoms with van der Waals surface area (Å²) in [6.07, 6.45) is 0. The quantitative estimate of drug-likeness (QED) is 0.401. The van der Waals surface area contributed by atoms with Gasteiger partial charge in [-0.25, -0.2) is 14.6 Å². The number of hydrogen-bond donors (Lipinski definition) is 0. The van der Waals surface area contributed by atoms with Gasteiger partial charge in [0, 0.05) is 30.8 Å². The van der Waals surface area contributed by atoms with E-state index in [-0.39, 0.29) is 16.8 Å². The third kappa shape index (κ3) is 2.52. The van der Waals surface area contributed by atoms with Crippen molar-refractivity contribution >= 4 is 22.8 Å². The van der Waals surface area contributed by atoms with E-state index in [0.717, 1.165) is 4.57 Å². The maximum Gasteiger partial charge on any atom is 0.337 e. The fourth-order valence-electron chi connectivity index (χ4n) is 4.21. The van der Waals surface area contributed by atoms with Crippen LogP contribution in [0.3, 0.4) is 0 Å². The molecule has 0 saturated carbocycles. The summed E-state index contributed by atoms with van der Waals surface area (Å²) < 4.78 is 7.05. The normalized spacial score (nSPS) is 12.0. The zero-order valence-corrected chi connectivity index (χ0v) is 17.5. The summed E-state index contributed by atoms with van der Waals surface area (Å²) in [4.78, 5) is 55.7. The third-order valence-electron chi connectivity index (χ3n) is 5.84. The van der Waals surface area contributed by atoms with Crippen molar-refractivity contribution in [2.45, 2.75) is 0 Å². The maximum absolute atomic E-state index is 13.4. The van der Waals surface area contributed by atoms with Crippen LogP contribution in [0.25, 0.3) is 33.4 Å². The van der Waals surface area contributed by atoms with E-state index in [2.05, 4.69) is 4.98 Å². The van der Waals surface area contributed by atoms with Crippen LogP contribution in [0.4, 0.5) is 0 Å². The number of ketones is 1. The summed E-state index contributed by atoms with van der Waals surface area (Å²) >= 11 is 0. The number of esters is 1. The monoisotopic (exact) mass is 427 g/mol. The number of fused-ring (bicyclic) bond motifs is 4. The molecule has 8 heteroatoms. The van der Waals surface area contributed by atoms with Gasteiger partial charge in [-0.2, -0.15) is 0 Å². The predicted molar refractivity (Wildman–Crippen MR) is 118 cm³/mol. The van der Waals surface area contributed by atoms with Crippen LogP contribution in [0.2, 0.25) is 0 Å². The van der Waals surface area contributed by atoms with Gasteiger partial charge in [0.15, 0.2) is 11.4 Å². The van der Waals surface area contributed by atoms with Gasteiger partial charge in [0.05, 0.1) is 29.3 Å². The number of ether oxygens (including phenoxy) is 1. The molecule has 158 valence electrons. The largest absolute Gasteiger partial charge is 0.465 e. The first-order valence-electron chi connectivity index (χ1n) is 9.81. The van der Waals surface area contributed by atoms with Gasteiger partial charge in [-0.15, -0.1) is 0 Å². The molecular formula is C24H17N3O5. The Morgan fingerprint density at radius 2 is 1.53 bits per heavy atom. The number of aryl methyl sites for hydroxylation is 1. The van der Waals surface area contributed by atoms with Crippen molar-refractivity contribution in [1.29, 1.82) is 0 Å². The summed E-state index contributed by atoms with van der Waals surface area (Å²) in [5.41, 5.74) is 2.27. The van der Waals surface area contributed by atoms with E-state index in [0.29, 0.717) is 39.1 Å². The minimum Gasteiger partial charge on any atom is -0.465 e. The van der Waals surface area contributed by atoms with Crippen LogP contribution < -0.4 is 11.2 Å². The number of nitrogens with zero attached hydrogens (tertiary/aromatic N) is 3. The standard InChI is InChI=1S/C24H17N3O5/c1-26-21-18(22(29)27(2)24(26)31)16(12-8-10-13(11-9-12)23(30)32-3)17-19(25-21)14-6-4-5-7-15(14)20(17)28/h4-11H,1-3H3. The lowest BCUT2D eigenvalue weighted by atomic mass is 9.94. The van der Waals surface area contributed by atoms with Crippen LogP contribution in [0.5, 0.6) is 0 Å². The molecule has 8 nitrogen and oxygen atoms in total. The fourth-order valence-corrected chi connectivity index (χ4v) is 4.21. The second-order valence-corrected chi connectivity index (χ2v) is 7.56. The number of aromatic nitrogens is 3. The lowest BCUT2D eigenvalue weighted by molar-refractivity contribution is 0.0600. The second-order valence-electron chi connectivity index (χ2n) is 7.56. The molecule has 0 spiro atoms. The summed E-state index contributed by atoms with van der Waals surface area (Å²) in [7, 11) is 4.22. The summed E-state index contributed by atoms with van der Waals surface area (Å²) in [5, 5.41) is 0.167. The molecule has 0 atom stereocenters. The Morgan fingerprint density at radius 3 is 2.19 bits per heavy atom. The lowest BCUT2D eigenvalue weighted by Gasteiger charge is -2.15. The molecule has 0 N–H and O–H groups in total. The molecule has 0 saturated heterocycles. The number of hydrogen-bond acceptors (Lipinski definition) is 6. The SMILES string of the molecule is COC(=O)c1ccc(-c2c3c(nc4c2c(=O)n(C)c(=O)n4C)-c2ccccc2C3=O)cc1. The van der Waals surface area contributed by atoms with Crippen molar-refractivity contribution in [3.63, 3.8) is 0 Å². The average Bonchev–Trinajstić information content (AvgIpc) is 3.11. The molecule has 0 bridgehead atoms. The van der Waals surface area contributed by atoms with E-state index < -0.39 is 17.2 Å². The first kappa shape index (κ1) is 19.6. The third-order valence-corrected chi connectivity index (χ3v) is 5.84. The Kier molecular flexibility index (Phi) is 4.20. The van der Waals surface area contributed by atoms with E-state index in [1.54, 1.807) is 48.5 Å². The molecular weight excluding hydrogens is 410 g/mol. The fraction of sp³-hybridized carbons (Fsp3) is 0.125. The molecule has 1 aliphatic carbocycles. The molecule has 2 heterocycles. The smallest absolute Gasteiger partial charge is 0.337 e. The topological polar surface area (TPSA) is 100 Å². The van der Waals surface area contributed by atoms with Gasteiger partial charge < -0.3 is 4.74 Å². The second kappa shape index (κ2) is 6.84. The van der Waals surface area contributed by atoms with Gasteiger partial charge in [-0.3, -0.25) is 18.7 Å². The van der Waals surface area contributed by atoms with E-state index >= 15 is 0 Å². The van der Waals surface area contributed by atoms with Crippen LogP contribution in [0.1, 0.15) is 26.3 Å². The Bertz CT molecular complexity index is 1590. The molecule has 1 aliphatic rings. The minimum atomic E-state index is -0.547. The molecule has 5 rings (SSSR count). The highest BCUT2D eigenvalue weighted by atomic mass is 16.5. The van der Waals surface area contributed by atoms with Crippen molar-refractivity contribution < 1.29 is 14.3 Å². The molecule has 2 aromatic heterocycles. The Morgan fingerprint density at radius 1 is 0.875 bits per heavy atom. The summed E-state index contributed by atoms with van der Waals surface area (Å²) in [6, 6.07) is 13.5. The number of pyridine rings is 1. The predicted octanol–water partition coefficient (Wildman–Crippen LogP) is 2.30. The van der Waals surface area contributed by atoms with E-state index in [9.17, 15) is 19.2 Å². The number of methoxy groups -OCH3 is 1. The number of carbonyl (C=O) groups is 2. The Balaban J connectivity index is 1.96. The van der Waals surface area contributed by atoms with Crippen molar-refractivity contribution in [2.24, 2.45) is 14.1 Å². The first-order chi connectivity index (χ1) is 15.3. The zero-order valence-electron chi connectivity index (χ0n) is 17.5. The maximum atomic E-state index is 13.4. The highest BCUT2D eigenvalue weighted by molar-refractivity contribution is 6.26. The first-order valence-corrected chi connectivity index (χ1v) is 9.81. The van der Waals surface area contributed by atoms with Gasteiger partial charge in [-0.05, 0) is 17.7 Å². The lowest BCUT2D eigenvalue weighted by Crippen LogP contribution is -2.37. The molecule has 0 fully saturated rings. The van der Waals surface area contributed by atoms with Gasteiger partial charge in [0.1, 0.15) is 0 Å². The Hall–Kier alpha value is -4.33. The van der Waals surface area contributed by atoms with E-state index in [4.69, 9.17) is 4.74 Å². The number of benzene rings is 2. The van der Waals surface area contributed by atoms with Crippen LogP contribution in [-0.4, -0.2) is 33.0 Å². The Labute approximate surface area is 181 Å². The molecule has 2 aromatic carbocycles. The molecule has 0 unspecified atom stereocenters. The number of carbonyl (C=O) groups excluding carboxylic acids is 2. The van der Waals surface area contributed by atoms with Gasteiger partial charge in [0.25, 0.3) is 5.56 Å². The van der Waals surface area contributed by atoms with E-state index in [1.807, 2.05) is 0 Å². The molecule has 4 aromatic rings. The average molecular weight is 427 g/mol. The summed E-state index contributed by atoms with van der Waals surface area (Å²) in [6.45, 7) is 0. The zero-order chi connectivity index (χ0) is 22.7. The van der Waals surface area contributed by atoms with Gasteiger partial charge in [-0.1, -0.05) is 36.4 Å². The van der Waals surface area contributed by atoms with Crippen molar-refractivity contribution in [2.75, 3.05) is 7.11 Å². The van der Waals surface area contributed by atoms with Gasteiger partial charge in [0.2, 0.25) is 0 Å². The highest BCUT2D eigenvalue weighted by Gasteiger charge is 2.34. The molecule has 0 aliphatic heterocycles.